The first-order chi connectivity index (χ1) is 12.0. The van der Waals surface area contributed by atoms with Crippen molar-refractivity contribution in [3.63, 3.8) is 0 Å². The molecule has 0 fully saturated rings. The summed E-state index contributed by atoms with van der Waals surface area (Å²) in [5.41, 5.74) is 9.30. The van der Waals surface area contributed by atoms with E-state index in [1.165, 1.54) is 0 Å². The number of carbonyl (C=O) groups is 2. The topological polar surface area (TPSA) is 90.0 Å². The zero-order valence-corrected chi connectivity index (χ0v) is 14.0. The van der Waals surface area contributed by atoms with E-state index in [0.29, 0.717) is 11.3 Å². The molecular formula is C19H18N4O2. The minimum absolute atomic E-state index is 0.273. The van der Waals surface area contributed by atoms with Gasteiger partial charge in [0.2, 0.25) is 0 Å². The van der Waals surface area contributed by atoms with Gasteiger partial charge >= 0.3 is 0 Å². The van der Waals surface area contributed by atoms with Crippen molar-refractivity contribution in [2.75, 3.05) is 5.32 Å². The number of aryl methyl sites for hydroxylation is 2. The first-order valence-electron chi connectivity index (χ1n) is 7.79. The van der Waals surface area contributed by atoms with Gasteiger partial charge in [0.15, 0.2) is 0 Å². The molecule has 3 N–H and O–H groups in total. The van der Waals surface area contributed by atoms with Gasteiger partial charge in [0.05, 0.1) is 22.6 Å². The number of rotatable bonds is 4. The highest BCUT2D eigenvalue weighted by Crippen LogP contribution is 2.17. The Bertz CT molecular complexity index is 942. The second kappa shape index (κ2) is 6.60. The van der Waals surface area contributed by atoms with Crippen LogP contribution in [0.15, 0.2) is 54.6 Å². The summed E-state index contributed by atoms with van der Waals surface area (Å²) in [5, 5.41) is 7.14. The van der Waals surface area contributed by atoms with E-state index >= 15 is 0 Å². The molecule has 0 unspecified atom stereocenters. The van der Waals surface area contributed by atoms with Crippen LogP contribution in [0, 0.1) is 13.8 Å². The standard InChI is InChI=1S/C19H18N4O2/c1-12-11-13(2)23(22-12)15-9-7-14(8-10-15)19(25)21-17-6-4-3-5-16(17)18(20)24/h3-11H,1-2H3,(H2,20,24)(H,21,25). The third kappa shape index (κ3) is 3.42. The van der Waals surface area contributed by atoms with Crippen LogP contribution in [0.4, 0.5) is 5.69 Å². The first-order valence-corrected chi connectivity index (χ1v) is 7.79. The van der Waals surface area contributed by atoms with Gasteiger partial charge in [-0.15, -0.1) is 0 Å². The molecule has 3 aromatic rings. The normalized spacial score (nSPS) is 10.5. The Morgan fingerprint density at radius 1 is 1.04 bits per heavy atom. The summed E-state index contributed by atoms with van der Waals surface area (Å²) in [6.07, 6.45) is 0. The van der Waals surface area contributed by atoms with Gasteiger partial charge in [0.1, 0.15) is 0 Å². The maximum Gasteiger partial charge on any atom is 0.255 e. The monoisotopic (exact) mass is 334 g/mol. The Labute approximate surface area is 145 Å². The molecule has 6 nitrogen and oxygen atoms in total. The van der Waals surface area contributed by atoms with Crippen LogP contribution in [0.1, 0.15) is 32.1 Å². The molecule has 0 aliphatic heterocycles. The maximum absolute atomic E-state index is 12.4. The lowest BCUT2D eigenvalue weighted by molar-refractivity contribution is 0.100. The lowest BCUT2D eigenvalue weighted by Gasteiger charge is -2.10. The van der Waals surface area contributed by atoms with Gasteiger partial charge in [-0.1, -0.05) is 12.1 Å². The van der Waals surface area contributed by atoms with E-state index in [2.05, 4.69) is 10.4 Å². The van der Waals surface area contributed by atoms with Gasteiger partial charge in [0.25, 0.3) is 11.8 Å². The van der Waals surface area contributed by atoms with Gasteiger partial charge in [-0.2, -0.15) is 5.10 Å². The van der Waals surface area contributed by atoms with Crippen LogP contribution in [0.5, 0.6) is 0 Å². The fourth-order valence-corrected chi connectivity index (χ4v) is 2.65. The third-order valence-corrected chi connectivity index (χ3v) is 3.82. The van der Waals surface area contributed by atoms with Gasteiger partial charge < -0.3 is 11.1 Å². The number of aromatic nitrogens is 2. The summed E-state index contributed by atoms with van der Waals surface area (Å²) in [6, 6.07) is 15.7. The average molecular weight is 334 g/mol. The van der Waals surface area contributed by atoms with E-state index < -0.39 is 5.91 Å². The zero-order chi connectivity index (χ0) is 18.0. The van der Waals surface area contributed by atoms with Gasteiger partial charge in [-0.3, -0.25) is 9.59 Å². The van der Waals surface area contributed by atoms with Crippen LogP contribution in [0.2, 0.25) is 0 Å². The molecule has 0 radical (unpaired) electrons. The molecule has 2 aromatic carbocycles. The predicted octanol–water partition coefficient (Wildman–Crippen LogP) is 2.84. The molecule has 0 aliphatic carbocycles. The van der Waals surface area contributed by atoms with E-state index in [9.17, 15) is 9.59 Å². The van der Waals surface area contributed by atoms with Crippen molar-refractivity contribution in [1.29, 1.82) is 0 Å². The molecule has 0 saturated carbocycles. The summed E-state index contributed by atoms with van der Waals surface area (Å²) >= 11 is 0. The van der Waals surface area contributed by atoms with Crippen molar-refractivity contribution < 1.29 is 9.59 Å². The Hall–Kier alpha value is -3.41. The second-order valence-electron chi connectivity index (χ2n) is 5.75. The lowest BCUT2D eigenvalue weighted by Crippen LogP contribution is -2.18. The summed E-state index contributed by atoms with van der Waals surface area (Å²) < 4.78 is 1.82. The summed E-state index contributed by atoms with van der Waals surface area (Å²) in [5.74, 6) is -0.899. The lowest BCUT2D eigenvalue weighted by atomic mass is 10.1. The van der Waals surface area contributed by atoms with E-state index in [1.807, 2.05) is 36.7 Å². The second-order valence-corrected chi connectivity index (χ2v) is 5.75. The van der Waals surface area contributed by atoms with Crippen LogP contribution >= 0.6 is 0 Å². The van der Waals surface area contributed by atoms with E-state index in [1.54, 1.807) is 36.4 Å². The Morgan fingerprint density at radius 2 is 1.72 bits per heavy atom. The van der Waals surface area contributed by atoms with Gasteiger partial charge in [-0.25, -0.2) is 4.68 Å². The number of primary amides is 1. The van der Waals surface area contributed by atoms with E-state index in [4.69, 9.17) is 5.73 Å². The third-order valence-electron chi connectivity index (χ3n) is 3.82. The highest BCUT2D eigenvalue weighted by Gasteiger charge is 2.12. The molecule has 0 spiro atoms. The van der Waals surface area contributed by atoms with Crippen molar-refractivity contribution in [2.45, 2.75) is 13.8 Å². The molecule has 126 valence electrons. The first kappa shape index (κ1) is 16.4. The van der Waals surface area contributed by atoms with Crippen LogP contribution in [0.3, 0.4) is 0 Å². The number of amides is 2. The zero-order valence-electron chi connectivity index (χ0n) is 14.0. The molecule has 0 bridgehead atoms. The highest BCUT2D eigenvalue weighted by atomic mass is 16.2. The minimum atomic E-state index is -0.587. The van der Waals surface area contributed by atoms with Crippen molar-refractivity contribution in [2.24, 2.45) is 5.73 Å². The molecular weight excluding hydrogens is 316 g/mol. The number of hydrogen-bond acceptors (Lipinski definition) is 3. The number of benzene rings is 2. The minimum Gasteiger partial charge on any atom is -0.366 e. The molecule has 0 saturated heterocycles. The van der Waals surface area contributed by atoms with Crippen LogP contribution in [-0.4, -0.2) is 21.6 Å². The molecule has 0 aliphatic rings. The van der Waals surface area contributed by atoms with Crippen molar-refractivity contribution in [3.05, 3.63) is 77.1 Å². The fourth-order valence-electron chi connectivity index (χ4n) is 2.65. The quantitative estimate of drug-likeness (QED) is 0.769. The molecule has 1 aromatic heterocycles. The van der Waals surface area contributed by atoms with Crippen molar-refractivity contribution in [1.82, 2.24) is 9.78 Å². The SMILES string of the molecule is Cc1cc(C)n(-c2ccc(C(=O)Nc3ccccc3C(N)=O)cc2)n1. The van der Waals surface area contributed by atoms with E-state index in [-0.39, 0.29) is 11.5 Å². The van der Waals surface area contributed by atoms with Gasteiger partial charge in [0, 0.05) is 11.3 Å². The van der Waals surface area contributed by atoms with Crippen molar-refractivity contribution in [3.8, 4) is 5.69 Å². The Balaban J connectivity index is 1.82. The molecule has 2 amide bonds. The smallest absolute Gasteiger partial charge is 0.255 e. The predicted molar refractivity (Wildman–Crippen MR) is 96.0 cm³/mol. The molecule has 25 heavy (non-hydrogen) atoms. The summed E-state index contributed by atoms with van der Waals surface area (Å²) in [7, 11) is 0. The fraction of sp³-hybridized carbons (Fsp3) is 0.105. The van der Waals surface area contributed by atoms with Crippen LogP contribution in [-0.2, 0) is 0 Å². The highest BCUT2D eigenvalue weighted by molar-refractivity contribution is 6.08. The largest absolute Gasteiger partial charge is 0.366 e. The van der Waals surface area contributed by atoms with Crippen LogP contribution in [0.25, 0.3) is 5.69 Å². The number of para-hydroxylation sites is 1. The maximum atomic E-state index is 12.4. The summed E-state index contributed by atoms with van der Waals surface area (Å²) in [4.78, 5) is 23.9. The number of nitrogens with zero attached hydrogens (tertiary/aromatic N) is 2. The number of nitrogens with two attached hydrogens (primary N) is 1. The summed E-state index contributed by atoms with van der Waals surface area (Å²) in [6.45, 7) is 3.91. The van der Waals surface area contributed by atoms with Crippen molar-refractivity contribution >= 4 is 17.5 Å². The number of hydrogen-bond donors (Lipinski definition) is 2. The Morgan fingerprint density at radius 3 is 2.32 bits per heavy atom. The number of anilines is 1. The number of nitrogens with one attached hydrogen (secondary N) is 1. The van der Waals surface area contributed by atoms with Gasteiger partial charge in [-0.05, 0) is 56.3 Å². The van der Waals surface area contributed by atoms with E-state index in [0.717, 1.165) is 17.1 Å². The average Bonchev–Trinajstić information content (AvgIpc) is 2.93. The number of carbonyl (C=O) groups excluding carboxylic acids is 2. The molecule has 1 heterocycles. The molecule has 0 atom stereocenters. The Kier molecular flexibility index (Phi) is 4.35. The van der Waals surface area contributed by atoms with Crippen LogP contribution < -0.4 is 11.1 Å². The molecule has 3 rings (SSSR count). The molecule has 6 heteroatoms.